The second-order valence-electron chi connectivity index (χ2n) is 2.82. The van der Waals surface area contributed by atoms with Gasteiger partial charge in [-0.2, -0.15) is 0 Å². The van der Waals surface area contributed by atoms with Gasteiger partial charge in [0.1, 0.15) is 0 Å². The molecule has 0 saturated carbocycles. The van der Waals surface area contributed by atoms with Crippen LogP contribution in [0.3, 0.4) is 0 Å². The predicted molar refractivity (Wildman–Crippen MR) is 48.2 cm³/mol. The smallest absolute Gasteiger partial charge is 0.265 e. The van der Waals surface area contributed by atoms with Crippen molar-refractivity contribution >= 4 is 7.82 Å². The molecule has 0 bridgehead atoms. The van der Waals surface area contributed by atoms with Gasteiger partial charge >= 0.3 is 0 Å². The van der Waals surface area contributed by atoms with Crippen molar-refractivity contribution in [3.05, 3.63) is 0 Å². The zero-order chi connectivity index (χ0) is 10.2. The van der Waals surface area contributed by atoms with Crippen molar-refractivity contribution < 1.29 is 18.9 Å². The third-order valence-corrected chi connectivity index (χ3v) is 2.08. The summed E-state index contributed by atoms with van der Waals surface area (Å²) in [6.45, 7) is 1.05. The van der Waals surface area contributed by atoms with Gasteiger partial charge in [0.2, 0.25) is 0 Å². The molecule has 0 amide bonds. The maximum Gasteiger partial charge on any atom is 0.265 e. The quantitative estimate of drug-likeness (QED) is 0.443. The number of phosphoric acid groups is 1. The largest absolute Gasteiger partial charge is 0.756 e. The molecule has 0 radical (unpaired) electrons. The molecular formula is C7H17NO4P-. The van der Waals surface area contributed by atoms with E-state index in [2.05, 4.69) is 9.84 Å². The van der Waals surface area contributed by atoms with Gasteiger partial charge in [0.05, 0.1) is 6.61 Å². The second kappa shape index (κ2) is 7.47. The van der Waals surface area contributed by atoms with Crippen molar-refractivity contribution in [2.45, 2.75) is 25.7 Å². The van der Waals surface area contributed by atoms with Crippen molar-refractivity contribution in [2.75, 3.05) is 20.2 Å². The van der Waals surface area contributed by atoms with Crippen LogP contribution >= 0.6 is 7.82 Å². The average Bonchev–Trinajstić information content (AvgIpc) is 2.01. The molecule has 0 saturated heterocycles. The molecular weight excluding hydrogens is 193 g/mol. The lowest BCUT2D eigenvalue weighted by Gasteiger charge is -2.14. The summed E-state index contributed by atoms with van der Waals surface area (Å²) < 4.78 is 14.3. The Balaban J connectivity index is 3.04. The molecule has 0 fully saturated rings. The van der Waals surface area contributed by atoms with Crippen molar-refractivity contribution in [3.63, 3.8) is 0 Å². The summed E-state index contributed by atoms with van der Waals surface area (Å²) in [4.78, 5) is 18.3. The Morgan fingerprint density at radius 3 is 2.54 bits per heavy atom. The molecule has 0 aliphatic heterocycles. The van der Waals surface area contributed by atoms with Crippen LogP contribution in [0.5, 0.6) is 0 Å². The normalized spacial score (nSPS) is 15.6. The Hall–Kier alpha value is 0.0700. The molecule has 0 aromatic heterocycles. The van der Waals surface area contributed by atoms with Gasteiger partial charge in [-0.1, -0.05) is 12.8 Å². The third-order valence-electron chi connectivity index (χ3n) is 1.58. The molecule has 5 nitrogen and oxygen atoms in total. The van der Waals surface area contributed by atoms with Gasteiger partial charge in [-0.15, -0.1) is 0 Å². The summed E-state index contributed by atoms with van der Waals surface area (Å²) in [6.07, 6.45) is 3.70. The molecule has 2 N–H and O–H groups in total. The fourth-order valence-corrected chi connectivity index (χ4v) is 1.30. The molecule has 13 heavy (non-hydrogen) atoms. The summed E-state index contributed by atoms with van der Waals surface area (Å²) in [5.74, 6) is 0. The number of phosphoric ester groups is 1. The van der Waals surface area contributed by atoms with Gasteiger partial charge in [-0.05, 0) is 26.4 Å². The minimum atomic E-state index is -4.49. The van der Waals surface area contributed by atoms with Gasteiger partial charge in [0.15, 0.2) is 0 Å². The van der Waals surface area contributed by atoms with E-state index in [-0.39, 0.29) is 6.61 Å². The molecule has 0 aromatic carbocycles. The van der Waals surface area contributed by atoms with E-state index in [0.717, 1.165) is 25.8 Å². The maximum absolute atomic E-state index is 10.1. The highest BCUT2D eigenvalue weighted by atomic mass is 31.2. The molecule has 1 atom stereocenters. The van der Waals surface area contributed by atoms with Gasteiger partial charge in [0, 0.05) is 0 Å². The van der Waals surface area contributed by atoms with E-state index in [0.29, 0.717) is 6.42 Å². The third kappa shape index (κ3) is 12.1. The zero-order valence-electron chi connectivity index (χ0n) is 7.86. The fraction of sp³-hybridized carbons (Fsp3) is 1.00. The van der Waals surface area contributed by atoms with E-state index in [4.69, 9.17) is 4.89 Å². The number of hydrogen-bond acceptors (Lipinski definition) is 4. The Labute approximate surface area is 78.7 Å². The first-order valence-corrected chi connectivity index (χ1v) is 5.89. The lowest BCUT2D eigenvalue weighted by Crippen LogP contribution is -2.07. The van der Waals surface area contributed by atoms with Crippen molar-refractivity contribution in [1.82, 2.24) is 5.32 Å². The molecule has 80 valence electrons. The topological polar surface area (TPSA) is 81.6 Å². The maximum atomic E-state index is 10.1. The summed E-state index contributed by atoms with van der Waals surface area (Å²) >= 11 is 0. The lowest BCUT2D eigenvalue weighted by atomic mass is 10.2. The van der Waals surface area contributed by atoms with Crippen LogP contribution in [-0.4, -0.2) is 25.1 Å². The van der Waals surface area contributed by atoms with E-state index in [9.17, 15) is 9.46 Å². The summed E-state index contributed by atoms with van der Waals surface area (Å²) in [7, 11) is -2.60. The molecule has 0 aromatic rings. The Kier molecular flexibility index (Phi) is 7.51. The SMILES string of the molecule is CNCCCCCCOP(=O)([O-])O. The van der Waals surface area contributed by atoms with E-state index in [1.165, 1.54) is 0 Å². The lowest BCUT2D eigenvalue weighted by molar-refractivity contribution is -0.219. The van der Waals surface area contributed by atoms with Crippen LogP contribution in [0.2, 0.25) is 0 Å². The molecule has 6 heteroatoms. The van der Waals surface area contributed by atoms with Crippen LogP contribution in [0.1, 0.15) is 25.7 Å². The molecule has 0 aliphatic carbocycles. The molecule has 1 unspecified atom stereocenters. The predicted octanol–water partition coefficient (Wildman–Crippen LogP) is 0.243. The van der Waals surface area contributed by atoms with Gasteiger partial charge in [0.25, 0.3) is 7.82 Å². The highest BCUT2D eigenvalue weighted by molar-refractivity contribution is 7.44. The van der Waals surface area contributed by atoms with E-state index in [1.54, 1.807) is 0 Å². The number of unbranched alkanes of at least 4 members (excludes halogenated alkanes) is 3. The second-order valence-corrected chi connectivity index (χ2v) is 4.01. The average molecular weight is 210 g/mol. The van der Waals surface area contributed by atoms with Crippen molar-refractivity contribution in [3.8, 4) is 0 Å². The van der Waals surface area contributed by atoms with Crippen LogP contribution in [0.15, 0.2) is 0 Å². The Morgan fingerprint density at radius 2 is 2.00 bits per heavy atom. The highest BCUT2D eigenvalue weighted by Gasteiger charge is 1.99. The standard InChI is InChI=1S/C7H18NO4P/c1-8-6-4-2-3-5-7-12-13(9,10)11/h8H,2-7H2,1H3,(H2,9,10,11)/p-1. The van der Waals surface area contributed by atoms with Crippen LogP contribution in [0.25, 0.3) is 0 Å². The molecule has 0 heterocycles. The van der Waals surface area contributed by atoms with Gasteiger partial charge < -0.3 is 19.6 Å². The van der Waals surface area contributed by atoms with E-state index in [1.807, 2.05) is 7.05 Å². The van der Waals surface area contributed by atoms with Gasteiger partial charge in [-0.3, -0.25) is 4.57 Å². The number of rotatable bonds is 8. The van der Waals surface area contributed by atoms with Crippen LogP contribution in [0, 0.1) is 0 Å². The van der Waals surface area contributed by atoms with Crippen molar-refractivity contribution in [2.24, 2.45) is 0 Å². The first-order valence-electron chi connectivity index (χ1n) is 4.39. The van der Waals surface area contributed by atoms with Crippen LogP contribution in [-0.2, 0) is 9.09 Å². The minimum Gasteiger partial charge on any atom is -0.756 e. The fourth-order valence-electron chi connectivity index (χ4n) is 0.937. The van der Waals surface area contributed by atoms with Crippen LogP contribution in [0.4, 0.5) is 0 Å². The van der Waals surface area contributed by atoms with E-state index >= 15 is 0 Å². The Bertz CT molecular complexity index is 159. The first-order chi connectivity index (χ1) is 6.06. The van der Waals surface area contributed by atoms with Crippen LogP contribution < -0.4 is 10.2 Å². The summed E-state index contributed by atoms with van der Waals surface area (Å²) in [5.41, 5.74) is 0. The number of hydrogen-bond donors (Lipinski definition) is 2. The number of nitrogens with one attached hydrogen (secondary N) is 1. The molecule has 0 aliphatic rings. The van der Waals surface area contributed by atoms with Gasteiger partial charge in [-0.25, -0.2) is 0 Å². The summed E-state index contributed by atoms with van der Waals surface area (Å²) in [6, 6.07) is 0. The van der Waals surface area contributed by atoms with Crippen molar-refractivity contribution in [1.29, 1.82) is 0 Å². The Morgan fingerprint density at radius 1 is 1.38 bits per heavy atom. The monoisotopic (exact) mass is 210 g/mol. The minimum absolute atomic E-state index is 0.0802. The first kappa shape index (κ1) is 13.1. The summed E-state index contributed by atoms with van der Waals surface area (Å²) in [5, 5.41) is 3.02. The zero-order valence-corrected chi connectivity index (χ0v) is 8.76. The molecule has 0 rings (SSSR count). The molecule has 0 spiro atoms. The van der Waals surface area contributed by atoms with E-state index < -0.39 is 7.82 Å². The highest BCUT2D eigenvalue weighted by Crippen LogP contribution is 2.30.